The van der Waals surface area contributed by atoms with E-state index in [1.165, 1.54) is 5.01 Å². The van der Waals surface area contributed by atoms with Crippen LogP contribution in [0.25, 0.3) is 6.08 Å². The SMILES string of the molecule is CC1=NN(c2cccc(Br)c2)C(=O)C1=Cc1ccc(Cl)cc1. The lowest BCUT2D eigenvalue weighted by Gasteiger charge is -2.11. The van der Waals surface area contributed by atoms with Crippen LogP contribution in [0.1, 0.15) is 12.5 Å². The largest absolute Gasteiger partial charge is 0.280 e. The zero-order chi connectivity index (χ0) is 15.7. The fraction of sp³-hybridized carbons (Fsp3) is 0.0588. The second kappa shape index (κ2) is 6.07. The van der Waals surface area contributed by atoms with Crippen molar-refractivity contribution in [3.8, 4) is 0 Å². The van der Waals surface area contributed by atoms with Gasteiger partial charge in [0.15, 0.2) is 0 Å². The number of benzene rings is 2. The quantitative estimate of drug-likeness (QED) is 0.687. The summed E-state index contributed by atoms with van der Waals surface area (Å²) in [5.74, 6) is -0.134. The van der Waals surface area contributed by atoms with E-state index < -0.39 is 0 Å². The molecule has 1 aliphatic rings. The summed E-state index contributed by atoms with van der Waals surface area (Å²) in [7, 11) is 0. The summed E-state index contributed by atoms with van der Waals surface area (Å²) in [6.07, 6.45) is 1.83. The Kier molecular flexibility index (Phi) is 4.14. The van der Waals surface area contributed by atoms with E-state index in [1.54, 1.807) is 12.1 Å². The van der Waals surface area contributed by atoms with Crippen molar-refractivity contribution in [2.45, 2.75) is 6.92 Å². The Morgan fingerprint density at radius 1 is 1.18 bits per heavy atom. The summed E-state index contributed by atoms with van der Waals surface area (Å²) in [5, 5.41) is 6.45. The highest BCUT2D eigenvalue weighted by molar-refractivity contribution is 9.10. The molecule has 0 N–H and O–H groups in total. The van der Waals surface area contributed by atoms with Gasteiger partial charge in [-0.2, -0.15) is 10.1 Å². The smallest absolute Gasteiger partial charge is 0.267 e. The summed E-state index contributed by atoms with van der Waals surface area (Å²) in [4.78, 5) is 12.6. The van der Waals surface area contributed by atoms with Crippen LogP contribution in [-0.2, 0) is 4.79 Å². The van der Waals surface area contributed by atoms with Crippen molar-refractivity contribution >= 4 is 50.9 Å². The molecule has 1 amide bonds. The van der Waals surface area contributed by atoms with E-state index in [1.807, 2.05) is 49.4 Å². The highest BCUT2D eigenvalue weighted by Gasteiger charge is 2.28. The number of halogens is 2. The zero-order valence-corrected chi connectivity index (χ0v) is 14.1. The molecule has 5 heteroatoms. The Labute approximate surface area is 142 Å². The fourth-order valence-corrected chi connectivity index (χ4v) is 2.71. The minimum atomic E-state index is -0.134. The molecule has 0 aromatic heterocycles. The van der Waals surface area contributed by atoms with Crippen LogP contribution in [0.5, 0.6) is 0 Å². The van der Waals surface area contributed by atoms with Gasteiger partial charge in [-0.05, 0) is 48.9 Å². The molecule has 0 radical (unpaired) electrons. The molecule has 1 heterocycles. The molecule has 0 atom stereocenters. The van der Waals surface area contributed by atoms with Crippen LogP contribution < -0.4 is 5.01 Å². The number of carbonyl (C=O) groups excluding carboxylic acids is 1. The lowest BCUT2D eigenvalue weighted by molar-refractivity contribution is -0.114. The van der Waals surface area contributed by atoms with E-state index in [4.69, 9.17) is 11.6 Å². The van der Waals surface area contributed by atoms with Gasteiger partial charge < -0.3 is 0 Å². The summed E-state index contributed by atoms with van der Waals surface area (Å²) in [6.45, 7) is 1.83. The van der Waals surface area contributed by atoms with Crippen molar-refractivity contribution in [2.75, 3.05) is 5.01 Å². The number of hydrazone groups is 1. The van der Waals surface area contributed by atoms with Gasteiger partial charge in [-0.1, -0.05) is 45.7 Å². The van der Waals surface area contributed by atoms with Crippen molar-refractivity contribution in [3.05, 3.63) is 69.2 Å². The maximum absolute atomic E-state index is 12.6. The van der Waals surface area contributed by atoms with Crippen molar-refractivity contribution in [1.29, 1.82) is 0 Å². The first-order chi connectivity index (χ1) is 10.5. The predicted octanol–water partition coefficient (Wildman–Crippen LogP) is 4.91. The van der Waals surface area contributed by atoms with Gasteiger partial charge in [-0.25, -0.2) is 0 Å². The highest BCUT2D eigenvalue weighted by atomic mass is 79.9. The predicted molar refractivity (Wildman–Crippen MR) is 94.2 cm³/mol. The Hall–Kier alpha value is -1.91. The third kappa shape index (κ3) is 2.98. The molecule has 0 fully saturated rings. The topological polar surface area (TPSA) is 32.7 Å². The molecule has 0 spiro atoms. The average Bonchev–Trinajstić information content (AvgIpc) is 2.77. The van der Waals surface area contributed by atoms with Gasteiger partial charge in [-0.3, -0.25) is 4.79 Å². The van der Waals surface area contributed by atoms with Gasteiger partial charge in [0.2, 0.25) is 0 Å². The van der Waals surface area contributed by atoms with Gasteiger partial charge >= 0.3 is 0 Å². The fourth-order valence-electron chi connectivity index (χ4n) is 2.19. The van der Waals surface area contributed by atoms with Crippen molar-refractivity contribution < 1.29 is 4.79 Å². The number of amides is 1. The molecule has 2 aromatic carbocycles. The first-order valence-electron chi connectivity index (χ1n) is 6.67. The molecule has 0 saturated carbocycles. The molecular weight excluding hydrogens is 364 g/mol. The van der Waals surface area contributed by atoms with Gasteiger partial charge in [0.1, 0.15) is 0 Å². The van der Waals surface area contributed by atoms with E-state index in [9.17, 15) is 4.79 Å². The van der Waals surface area contributed by atoms with Crippen molar-refractivity contribution in [2.24, 2.45) is 5.10 Å². The molecule has 0 bridgehead atoms. The number of hydrogen-bond donors (Lipinski definition) is 0. The van der Waals surface area contributed by atoms with Crippen LogP contribution in [0.2, 0.25) is 5.02 Å². The van der Waals surface area contributed by atoms with E-state index in [0.717, 1.165) is 15.7 Å². The van der Waals surface area contributed by atoms with E-state index in [2.05, 4.69) is 21.0 Å². The third-order valence-corrected chi connectivity index (χ3v) is 4.04. The van der Waals surface area contributed by atoms with Crippen LogP contribution in [0.3, 0.4) is 0 Å². The summed E-state index contributed by atoms with van der Waals surface area (Å²) < 4.78 is 0.904. The molecule has 0 saturated heterocycles. The van der Waals surface area contributed by atoms with Crippen LogP contribution in [0, 0.1) is 0 Å². The number of hydrogen-bond acceptors (Lipinski definition) is 2. The number of carbonyl (C=O) groups is 1. The minimum Gasteiger partial charge on any atom is -0.267 e. The van der Waals surface area contributed by atoms with Gasteiger partial charge in [0.05, 0.1) is 17.0 Å². The molecule has 0 unspecified atom stereocenters. The molecule has 3 rings (SSSR count). The molecule has 3 nitrogen and oxygen atoms in total. The summed E-state index contributed by atoms with van der Waals surface area (Å²) >= 11 is 9.29. The maximum Gasteiger partial charge on any atom is 0.280 e. The lowest BCUT2D eigenvalue weighted by atomic mass is 10.1. The Morgan fingerprint density at radius 3 is 2.59 bits per heavy atom. The average molecular weight is 376 g/mol. The first kappa shape index (κ1) is 15.0. The Bertz CT molecular complexity index is 797. The number of anilines is 1. The summed E-state index contributed by atoms with van der Waals surface area (Å²) in [5.41, 5.74) is 2.93. The molecule has 110 valence electrons. The number of rotatable bonds is 2. The van der Waals surface area contributed by atoms with Crippen LogP contribution in [0.4, 0.5) is 5.69 Å². The second-order valence-corrected chi connectivity index (χ2v) is 6.24. The molecule has 0 aliphatic carbocycles. The lowest BCUT2D eigenvalue weighted by Crippen LogP contribution is -2.21. The van der Waals surface area contributed by atoms with Crippen molar-refractivity contribution in [3.63, 3.8) is 0 Å². The van der Waals surface area contributed by atoms with Crippen molar-refractivity contribution in [1.82, 2.24) is 0 Å². The Morgan fingerprint density at radius 2 is 1.91 bits per heavy atom. The highest BCUT2D eigenvalue weighted by Crippen LogP contribution is 2.27. The molecule has 1 aliphatic heterocycles. The van der Waals surface area contributed by atoms with Gasteiger partial charge in [0.25, 0.3) is 5.91 Å². The molecular formula is C17H12BrClN2O. The van der Waals surface area contributed by atoms with Gasteiger partial charge in [0, 0.05) is 9.50 Å². The van der Waals surface area contributed by atoms with Crippen LogP contribution in [-0.4, -0.2) is 11.6 Å². The first-order valence-corrected chi connectivity index (χ1v) is 7.84. The third-order valence-electron chi connectivity index (χ3n) is 3.30. The maximum atomic E-state index is 12.6. The summed E-state index contributed by atoms with van der Waals surface area (Å²) in [6, 6.07) is 14.8. The monoisotopic (exact) mass is 374 g/mol. The molecule has 2 aromatic rings. The van der Waals surface area contributed by atoms with E-state index in [0.29, 0.717) is 16.3 Å². The Balaban J connectivity index is 1.94. The van der Waals surface area contributed by atoms with Crippen LogP contribution >= 0.6 is 27.5 Å². The van der Waals surface area contributed by atoms with Gasteiger partial charge in [-0.15, -0.1) is 0 Å². The number of nitrogens with zero attached hydrogens (tertiary/aromatic N) is 2. The van der Waals surface area contributed by atoms with Crippen LogP contribution in [0.15, 0.2) is 63.7 Å². The second-order valence-electron chi connectivity index (χ2n) is 4.89. The van der Waals surface area contributed by atoms with E-state index in [-0.39, 0.29) is 5.91 Å². The minimum absolute atomic E-state index is 0.134. The zero-order valence-electron chi connectivity index (χ0n) is 11.8. The standard InChI is InChI=1S/C17H12BrClN2O/c1-11-16(9-12-5-7-14(19)8-6-12)17(22)21(20-11)15-4-2-3-13(18)10-15/h2-10H,1H3. The van der Waals surface area contributed by atoms with E-state index >= 15 is 0 Å². The molecule has 22 heavy (non-hydrogen) atoms. The normalized spacial score (nSPS) is 16.3.